The minimum absolute atomic E-state index is 0.427. The third kappa shape index (κ3) is 2.31. The van der Waals surface area contributed by atoms with Crippen LogP contribution in [0.1, 0.15) is 21.6 Å². The number of rotatable bonds is 4. The summed E-state index contributed by atoms with van der Waals surface area (Å²) in [4.78, 5) is 13.9. The lowest BCUT2D eigenvalue weighted by Crippen LogP contribution is -2.13. The summed E-state index contributed by atoms with van der Waals surface area (Å²) in [5, 5.41) is 0. The molecule has 0 spiro atoms. The number of nitrogens with one attached hydrogen (secondary N) is 1. The quantitative estimate of drug-likeness (QED) is 0.800. The summed E-state index contributed by atoms with van der Waals surface area (Å²) in [5.74, 6) is -0.427. The molecule has 0 saturated heterocycles. The van der Waals surface area contributed by atoms with Crippen molar-refractivity contribution in [1.29, 1.82) is 0 Å². The normalized spacial score (nSPS) is 10.2. The molecule has 16 heavy (non-hydrogen) atoms. The Balaban J connectivity index is 2.05. The number of amides is 1. The number of carbonyl (C=O) groups excluding carboxylic acids is 1. The van der Waals surface area contributed by atoms with Crippen molar-refractivity contribution in [3.05, 3.63) is 65.8 Å². The molecule has 0 bridgehead atoms. The van der Waals surface area contributed by atoms with Crippen LogP contribution in [0.25, 0.3) is 0 Å². The number of aromatic amines is 1. The van der Waals surface area contributed by atoms with Gasteiger partial charge in [0.2, 0.25) is 0 Å². The summed E-state index contributed by atoms with van der Waals surface area (Å²) >= 11 is 0. The molecule has 0 aliphatic heterocycles. The topological polar surface area (TPSA) is 58.9 Å². The van der Waals surface area contributed by atoms with Crippen LogP contribution >= 0.6 is 0 Å². The zero-order chi connectivity index (χ0) is 11.4. The third-order valence-corrected chi connectivity index (χ3v) is 2.43. The molecule has 0 aliphatic carbocycles. The molecule has 0 aliphatic rings. The van der Waals surface area contributed by atoms with Gasteiger partial charge in [-0.05, 0) is 30.0 Å². The molecule has 0 atom stereocenters. The molecule has 2 aromatic rings. The molecule has 1 radical (unpaired) electrons. The van der Waals surface area contributed by atoms with E-state index in [2.05, 4.69) is 4.98 Å². The molecular formula is C13H13N2O. The Kier molecular flexibility index (Phi) is 3.05. The summed E-state index contributed by atoms with van der Waals surface area (Å²) < 4.78 is 0. The second-order valence-corrected chi connectivity index (χ2v) is 3.57. The Hall–Kier alpha value is -2.03. The fraction of sp³-hybridized carbons (Fsp3) is 0.0769. The van der Waals surface area contributed by atoms with Gasteiger partial charge in [0, 0.05) is 6.20 Å². The molecule has 1 heterocycles. The number of hydrogen-bond donors (Lipinski definition) is 2. The fourth-order valence-corrected chi connectivity index (χ4v) is 1.61. The predicted molar refractivity (Wildman–Crippen MR) is 62.9 cm³/mol. The Labute approximate surface area is 94.3 Å². The average Bonchev–Trinajstić information content (AvgIpc) is 2.76. The maximum Gasteiger partial charge on any atom is 0.265 e. The highest BCUT2D eigenvalue weighted by atomic mass is 16.1. The number of carbonyl (C=O) groups is 1. The lowest BCUT2D eigenvalue weighted by molar-refractivity contribution is 0.0995. The Morgan fingerprint density at radius 1 is 1.25 bits per heavy atom. The van der Waals surface area contributed by atoms with Gasteiger partial charge in [0.15, 0.2) is 0 Å². The second-order valence-electron chi connectivity index (χ2n) is 3.57. The zero-order valence-corrected chi connectivity index (χ0v) is 8.81. The van der Waals surface area contributed by atoms with Crippen molar-refractivity contribution in [2.24, 2.45) is 5.73 Å². The summed E-state index contributed by atoms with van der Waals surface area (Å²) in [5.41, 5.74) is 7.77. The third-order valence-electron chi connectivity index (χ3n) is 2.43. The molecular weight excluding hydrogens is 200 g/mol. The molecule has 1 aromatic carbocycles. The standard InChI is InChI=1S/C13H13N2O/c14-13(16)12-11(8-9-15-12)7-6-10-4-2-1-3-5-10/h1-5,7-9,15H,6H2,(H2,14,16). The fourth-order valence-electron chi connectivity index (χ4n) is 1.61. The number of nitrogens with two attached hydrogens (primary N) is 1. The first kappa shape index (κ1) is 10.5. The zero-order valence-electron chi connectivity index (χ0n) is 8.81. The van der Waals surface area contributed by atoms with Gasteiger partial charge in [0.05, 0.1) is 0 Å². The molecule has 1 aromatic heterocycles. The van der Waals surface area contributed by atoms with E-state index in [1.807, 2.05) is 42.8 Å². The van der Waals surface area contributed by atoms with Crippen molar-refractivity contribution >= 4 is 5.91 Å². The minimum atomic E-state index is -0.427. The highest BCUT2D eigenvalue weighted by Gasteiger charge is 2.08. The first-order valence-corrected chi connectivity index (χ1v) is 5.11. The van der Waals surface area contributed by atoms with Crippen molar-refractivity contribution in [1.82, 2.24) is 4.98 Å². The Bertz CT molecular complexity index is 474. The van der Waals surface area contributed by atoms with E-state index in [1.54, 1.807) is 6.20 Å². The van der Waals surface area contributed by atoms with E-state index in [4.69, 9.17) is 5.73 Å². The highest BCUT2D eigenvalue weighted by Crippen LogP contribution is 2.12. The minimum Gasteiger partial charge on any atom is -0.364 e. The van der Waals surface area contributed by atoms with Crippen LogP contribution < -0.4 is 5.73 Å². The summed E-state index contributed by atoms with van der Waals surface area (Å²) in [7, 11) is 0. The molecule has 0 saturated carbocycles. The monoisotopic (exact) mass is 213 g/mol. The first-order valence-electron chi connectivity index (χ1n) is 5.11. The van der Waals surface area contributed by atoms with E-state index in [0.29, 0.717) is 5.69 Å². The molecule has 0 fully saturated rings. The summed E-state index contributed by atoms with van der Waals surface area (Å²) in [6, 6.07) is 11.9. The van der Waals surface area contributed by atoms with E-state index < -0.39 is 5.91 Å². The highest BCUT2D eigenvalue weighted by molar-refractivity contribution is 5.92. The number of primary amides is 1. The molecule has 3 heteroatoms. The van der Waals surface area contributed by atoms with E-state index in [0.717, 1.165) is 12.0 Å². The van der Waals surface area contributed by atoms with Gasteiger partial charge in [-0.25, -0.2) is 0 Å². The van der Waals surface area contributed by atoms with Crippen LogP contribution in [-0.2, 0) is 6.42 Å². The van der Waals surface area contributed by atoms with Gasteiger partial charge in [-0.15, -0.1) is 0 Å². The van der Waals surface area contributed by atoms with Crippen LogP contribution in [0.5, 0.6) is 0 Å². The van der Waals surface area contributed by atoms with Gasteiger partial charge >= 0.3 is 0 Å². The SMILES string of the molecule is NC(=O)c1[nH]ccc1[CH]Cc1ccccc1. The first-order chi connectivity index (χ1) is 7.77. The van der Waals surface area contributed by atoms with Gasteiger partial charge in [0.1, 0.15) is 5.69 Å². The number of benzene rings is 1. The molecule has 3 nitrogen and oxygen atoms in total. The second kappa shape index (κ2) is 4.66. The maximum atomic E-state index is 11.1. The molecule has 1 amide bonds. The molecule has 3 N–H and O–H groups in total. The maximum absolute atomic E-state index is 11.1. The van der Waals surface area contributed by atoms with Crippen LogP contribution in [0, 0.1) is 6.42 Å². The van der Waals surface area contributed by atoms with E-state index in [9.17, 15) is 4.79 Å². The number of aromatic nitrogens is 1. The van der Waals surface area contributed by atoms with Crippen LogP contribution in [-0.4, -0.2) is 10.9 Å². The molecule has 0 unspecified atom stereocenters. The molecule has 2 rings (SSSR count). The lowest BCUT2D eigenvalue weighted by Gasteiger charge is -2.01. The van der Waals surface area contributed by atoms with Crippen molar-refractivity contribution in [2.75, 3.05) is 0 Å². The van der Waals surface area contributed by atoms with Gasteiger partial charge < -0.3 is 10.7 Å². The molecule has 81 valence electrons. The smallest absolute Gasteiger partial charge is 0.265 e. The van der Waals surface area contributed by atoms with Crippen molar-refractivity contribution in [3.63, 3.8) is 0 Å². The Morgan fingerprint density at radius 2 is 2.00 bits per heavy atom. The van der Waals surface area contributed by atoms with Crippen molar-refractivity contribution in [2.45, 2.75) is 6.42 Å². The van der Waals surface area contributed by atoms with Crippen LogP contribution in [0.2, 0.25) is 0 Å². The lowest BCUT2D eigenvalue weighted by atomic mass is 10.0. The Morgan fingerprint density at radius 3 is 2.69 bits per heavy atom. The van der Waals surface area contributed by atoms with Crippen LogP contribution in [0.3, 0.4) is 0 Å². The largest absolute Gasteiger partial charge is 0.364 e. The van der Waals surface area contributed by atoms with E-state index in [-0.39, 0.29) is 0 Å². The van der Waals surface area contributed by atoms with Gasteiger partial charge in [-0.2, -0.15) is 0 Å². The number of H-pyrrole nitrogens is 1. The van der Waals surface area contributed by atoms with Gasteiger partial charge in [0.25, 0.3) is 5.91 Å². The van der Waals surface area contributed by atoms with Crippen LogP contribution in [0.4, 0.5) is 0 Å². The predicted octanol–water partition coefficient (Wildman–Crippen LogP) is 1.91. The summed E-state index contributed by atoms with van der Waals surface area (Å²) in [6.07, 6.45) is 4.50. The van der Waals surface area contributed by atoms with Gasteiger partial charge in [-0.1, -0.05) is 30.3 Å². The van der Waals surface area contributed by atoms with Gasteiger partial charge in [-0.3, -0.25) is 4.79 Å². The number of hydrogen-bond acceptors (Lipinski definition) is 1. The van der Waals surface area contributed by atoms with Crippen molar-refractivity contribution < 1.29 is 4.79 Å². The average molecular weight is 213 g/mol. The van der Waals surface area contributed by atoms with E-state index >= 15 is 0 Å². The summed E-state index contributed by atoms with van der Waals surface area (Å²) in [6.45, 7) is 0. The van der Waals surface area contributed by atoms with Crippen LogP contribution in [0.15, 0.2) is 42.6 Å². The van der Waals surface area contributed by atoms with E-state index in [1.165, 1.54) is 5.56 Å². The van der Waals surface area contributed by atoms with Crippen molar-refractivity contribution in [3.8, 4) is 0 Å².